The van der Waals surface area contributed by atoms with Crippen LogP contribution in [0.5, 0.6) is 0 Å². The molecule has 136 valence electrons. The van der Waals surface area contributed by atoms with E-state index < -0.39 is 29.1 Å². The zero-order valence-electron chi connectivity index (χ0n) is 13.1. The molecule has 1 unspecified atom stereocenters. The van der Waals surface area contributed by atoms with Crippen molar-refractivity contribution in [3.05, 3.63) is 44.7 Å². The summed E-state index contributed by atoms with van der Waals surface area (Å²) < 4.78 is 42.7. The lowest BCUT2D eigenvalue weighted by Gasteiger charge is -2.26. The van der Waals surface area contributed by atoms with E-state index in [9.17, 15) is 18.4 Å². The predicted molar refractivity (Wildman–Crippen MR) is 93.4 cm³/mol. The zero-order valence-corrected chi connectivity index (χ0v) is 14.7. The van der Waals surface area contributed by atoms with Crippen LogP contribution in [0.1, 0.15) is 22.7 Å². The fraction of sp³-hybridized carbons (Fsp3) is 0.0667. The molecule has 0 amide bonds. The molecule has 8 nitrogen and oxygen atoms in total. The fourth-order valence-corrected chi connectivity index (χ4v) is 3.04. The van der Waals surface area contributed by atoms with Crippen LogP contribution in [0.3, 0.4) is 0 Å². The number of nitrogen functional groups attached to an aromatic ring is 2. The average molecular weight is 437 g/mol. The third-order valence-corrected chi connectivity index (χ3v) is 4.35. The molecule has 12 heteroatoms. The lowest BCUT2D eigenvalue weighted by Crippen LogP contribution is -2.33. The van der Waals surface area contributed by atoms with Crippen molar-refractivity contribution in [1.29, 1.82) is 10.5 Å². The molecule has 0 aliphatic carbocycles. The molecule has 2 heterocycles. The number of aliphatic imine (C=N–C) groups is 1. The van der Waals surface area contributed by atoms with Gasteiger partial charge in [-0.05, 0) is 22.0 Å². The van der Waals surface area contributed by atoms with Crippen LogP contribution in [0.2, 0.25) is 0 Å². The standard InChI is InChI=1S/C15H8BrF3N8/c16-5-1-6(17)10(19)7(9(5)18)12-8-11(22)4(2-20)13(23)26-14(8)27-15(25-12)24-3-21/h1,12H,(H6,22,23,24,25,26,27). The zero-order chi connectivity index (χ0) is 19.9. The van der Waals surface area contributed by atoms with Gasteiger partial charge in [0.25, 0.3) is 0 Å². The van der Waals surface area contributed by atoms with Gasteiger partial charge in [0.2, 0.25) is 5.96 Å². The van der Waals surface area contributed by atoms with Crippen LogP contribution in [-0.4, -0.2) is 10.9 Å². The van der Waals surface area contributed by atoms with Gasteiger partial charge in [-0.25, -0.2) is 23.1 Å². The first-order valence-electron chi connectivity index (χ1n) is 7.11. The number of benzene rings is 1. The Labute approximate surface area is 158 Å². The van der Waals surface area contributed by atoms with E-state index in [1.54, 1.807) is 12.3 Å². The monoisotopic (exact) mass is 436 g/mol. The number of hydrogen-bond donors (Lipinski definition) is 4. The van der Waals surface area contributed by atoms with E-state index in [2.05, 4.69) is 36.5 Å². The van der Waals surface area contributed by atoms with E-state index in [1.807, 2.05) is 0 Å². The molecule has 1 aliphatic rings. The van der Waals surface area contributed by atoms with Gasteiger partial charge < -0.3 is 16.8 Å². The Morgan fingerprint density at radius 2 is 1.89 bits per heavy atom. The molecule has 27 heavy (non-hydrogen) atoms. The second kappa shape index (κ2) is 6.66. The summed E-state index contributed by atoms with van der Waals surface area (Å²) in [7, 11) is 0. The molecule has 1 aromatic heterocycles. The second-order valence-corrected chi connectivity index (χ2v) is 6.14. The predicted octanol–water partition coefficient (Wildman–Crippen LogP) is 2.24. The van der Waals surface area contributed by atoms with Gasteiger partial charge in [0.1, 0.15) is 35.1 Å². The lowest BCUT2D eigenvalue weighted by molar-refractivity contribution is 0.470. The van der Waals surface area contributed by atoms with E-state index in [-0.39, 0.29) is 38.9 Å². The molecule has 3 rings (SSSR count). The summed E-state index contributed by atoms with van der Waals surface area (Å²) in [5, 5.41) is 22.8. The van der Waals surface area contributed by atoms with Crippen molar-refractivity contribution in [2.75, 3.05) is 16.8 Å². The molecule has 0 spiro atoms. The summed E-state index contributed by atoms with van der Waals surface area (Å²) in [6, 6.07) is 0.833. The van der Waals surface area contributed by atoms with Crippen LogP contribution in [0.25, 0.3) is 0 Å². The molecule has 0 radical (unpaired) electrons. The maximum Gasteiger partial charge on any atom is 0.211 e. The molecule has 2 aromatic rings. The van der Waals surface area contributed by atoms with Gasteiger partial charge in [-0.15, -0.1) is 0 Å². The number of nitriles is 2. The van der Waals surface area contributed by atoms with Gasteiger partial charge >= 0.3 is 0 Å². The maximum absolute atomic E-state index is 14.6. The molecule has 0 saturated carbocycles. The smallest absolute Gasteiger partial charge is 0.211 e. The highest BCUT2D eigenvalue weighted by Crippen LogP contribution is 2.43. The molecule has 1 aromatic carbocycles. The van der Waals surface area contributed by atoms with Crippen molar-refractivity contribution in [2.24, 2.45) is 4.99 Å². The fourth-order valence-electron chi connectivity index (χ4n) is 2.62. The van der Waals surface area contributed by atoms with Crippen molar-refractivity contribution in [2.45, 2.75) is 6.04 Å². The van der Waals surface area contributed by atoms with Gasteiger partial charge in [-0.2, -0.15) is 10.5 Å². The van der Waals surface area contributed by atoms with Gasteiger partial charge in [0.15, 0.2) is 17.8 Å². The summed E-state index contributed by atoms with van der Waals surface area (Å²) in [5.41, 5.74) is 10.3. The van der Waals surface area contributed by atoms with E-state index in [1.165, 1.54) is 0 Å². The highest BCUT2D eigenvalue weighted by molar-refractivity contribution is 9.10. The number of aromatic nitrogens is 1. The Hall–Kier alpha value is -3.51. The summed E-state index contributed by atoms with van der Waals surface area (Å²) >= 11 is 2.81. The van der Waals surface area contributed by atoms with E-state index in [0.29, 0.717) is 6.07 Å². The Morgan fingerprint density at radius 1 is 1.19 bits per heavy atom. The maximum atomic E-state index is 14.6. The minimum absolute atomic E-state index is 0.0825. The SMILES string of the molecule is N#CNC1=NC(c2c(F)c(F)cc(Br)c2F)c2c(nc(N)c(C#N)c2N)N1. The van der Waals surface area contributed by atoms with Gasteiger partial charge in [0, 0.05) is 5.56 Å². The average Bonchev–Trinajstić information content (AvgIpc) is 2.60. The van der Waals surface area contributed by atoms with E-state index in [4.69, 9.17) is 16.7 Å². The van der Waals surface area contributed by atoms with Crippen LogP contribution in [-0.2, 0) is 0 Å². The summed E-state index contributed by atoms with van der Waals surface area (Å²) in [6.07, 6.45) is 1.59. The Bertz CT molecular complexity index is 1060. The molecule has 1 aliphatic heterocycles. The number of pyridine rings is 1. The normalized spacial score (nSPS) is 15.0. The topological polar surface area (TPSA) is 149 Å². The van der Waals surface area contributed by atoms with E-state index in [0.717, 1.165) is 0 Å². The number of nitrogens with zero attached hydrogens (tertiary/aromatic N) is 4. The molecular formula is C15H8BrF3N8. The van der Waals surface area contributed by atoms with Crippen LogP contribution >= 0.6 is 15.9 Å². The highest BCUT2D eigenvalue weighted by atomic mass is 79.9. The first kappa shape index (κ1) is 18.3. The molecular weight excluding hydrogens is 429 g/mol. The molecule has 6 N–H and O–H groups in total. The number of nitrogens with two attached hydrogens (primary N) is 2. The van der Waals surface area contributed by atoms with Gasteiger partial charge in [0.05, 0.1) is 15.7 Å². The number of anilines is 3. The van der Waals surface area contributed by atoms with Crippen molar-refractivity contribution < 1.29 is 13.2 Å². The van der Waals surface area contributed by atoms with Crippen molar-refractivity contribution >= 4 is 39.2 Å². The first-order valence-corrected chi connectivity index (χ1v) is 7.91. The van der Waals surface area contributed by atoms with E-state index >= 15 is 0 Å². The minimum Gasteiger partial charge on any atom is -0.397 e. The quantitative estimate of drug-likeness (QED) is 0.304. The molecule has 0 fully saturated rings. The van der Waals surface area contributed by atoms with Crippen LogP contribution in [0.4, 0.5) is 30.5 Å². The second-order valence-electron chi connectivity index (χ2n) is 5.28. The third kappa shape index (κ3) is 2.86. The summed E-state index contributed by atoms with van der Waals surface area (Å²) in [5.74, 6) is -4.48. The van der Waals surface area contributed by atoms with Crippen molar-refractivity contribution in [3.8, 4) is 12.3 Å². The number of guanidine groups is 1. The Balaban J connectivity index is 2.38. The molecule has 1 atom stereocenters. The Morgan fingerprint density at radius 3 is 2.52 bits per heavy atom. The van der Waals surface area contributed by atoms with Gasteiger partial charge in [-0.3, -0.25) is 5.32 Å². The highest BCUT2D eigenvalue weighted by Gasteiger charge is 2.34. The summed E-state index contributed by atoms with van der Waals surface area (Å²) in [4.78, 5) is 7.93. The number of halogens is 4. The minimum atomic E-state index is -1.54. The molecule has 0 saturated heterocycles. The van der Waals surface area contributed by atoms with Crippen molar-refractivity contribution in [1.82, 2.24) is 10.3 Å². The summed E-state index contributed by atoms with van der Waals surface area (Å²) in [6.45, 7) is 0. The first-order chi connectivity index (χ1) is 12.8. The lowest BCUT2D eigenvalue weighted by atomic mass is 9.94. The number of nitrogens with one attached hydrogen (secondary N) is 2. The number of fused-ring (bicyclic) bond motifs is 1. The van der Waals surface area contributed by atoms with Crippen molar-refractivity contribution in [3.63, 3.8) is 0 Å². The van der Waals surface area contributed by atoms with Crippen LogP contribution in [0.15, 0.2) is 15.5 Å². The number of rotatable bonds is 1. The Kier molecular flexibility index (Phi) is 4.51. The molecule has 0 bridgehead atoms. The number of hydrogen-bond acceptors (Lipinski definition) is 8. The third-order valence-electron chi connectivity index (χ3n) is 3.78. The van der Waals surface area contributed by atoms with Crippen LogP contribution < -0.4 is 22.1 Å². The van der Waals surface area contributed by atoms with Gasteiger partial charge in [-0.1, -0.05) is 0 Å². The van der Waals surface area contributed by atoms with Crippen LogP contribution in [0, 0.1) is 40.2 Å². The largest absolute Gasteiger partial charge is 0.397 e.